The molecule has 1 aliphatic carbocycles. The summed E-state index contributed by atoms with van der Waals surface area (Å²) in [7, 11) is 1.59. The minimum Gasteiger partial charge on any atom is -0.451 e. The SMILES string of the molecule is CNC(=O)C(NC(=O)c1ccc(-c2ccc(CNC(=O)c3cccc(C)n3)cc2)o1)C1CCCCC1. The van der Waals surface area contributed by atoms with E-state index in [1.165, 1.54) is 6.42 Å². The Morgan fingerprint density at radius 1 is 0.972 bits per heavy atom. The lowest BCUT2D eigenvalue weighted by Crippen LogP contribution is -2.50. The number of likely N-dealkylation sites (N-methyl/N-ethyl adjacent to an activating group) is 1. The molecule has 1 aliphatic rings. The van der Waals surface area contributed by atoms with Gasteiger partial charge < -0.3 is 20.4 Å². The number of aromatic nitrogens is 1. The maximum absolute atomic E-state index is 12.9. The molecule has 188 valence electrons. The first kappa shape index (κ1) is 25.2. The molecule has 0 saturated heterocycles. The summed E-state index contributed by atoms with van der Waals surface area (Å²) in [5, 5.41) is 8.42. The van der Waals surface area contributed by atoms with Crippen molar-refractivity contribution in [3.8, 4) is 11.3 Å². The predicted molar refractivity (Wildman–Crippen MR) is 136 cm³/mol. The molecule has 0 spiro atoms. The monoisotopic (exact) mass is 488 g/mol. The molecule has 8 heteroatoms. The summed E-state index contributed by atoms with van der Waals surface area (Å²) >= 11 is 0. The fourth-order valence-electron chi connectivity index (χ4n) is 4.58. The van der Waals surface area contributed by atoms with E-state index in [9.17, 15) is 14.4 Å². The largest absolute Gasteiger partial charge is 0.451 e. The molecular formula is C28H32N4O4. The van der Waals surface area contributed by atoms with Gasteiger partial charge in [-0.3, -0.25) is 14.4 Å². The van der Waals surface area contributed by atoms with E-state index < -0.39 is 11.9 Å². The number of aryl methyl sites for hydroxylation is 1. The number of nitrogens with one attached hydrogen (secondary N) is 3. The van der Waals surface area contributed by atoms with Gasteiger partial charge in [-0.2, -0.15) is 0 Å². The third kappa shape index (κ3) is 6.19. The van der Waals surface area contributed by atoms with Gasteiger partial charge in [0.15, 0.2) is 5.76 Å². The van der Waals surface area contributed by atoms with Crippen LogP contribution in [0.1, 0.15) is 64.4 Å². The van der Waals surface area contributed by atoms with Gasteiger partial charge in [0.25, 0.3) is 11.8 Å². The zero-order valence-corrected chi connectivity index (χ0v) is 20.7. The van der Waals surface area contributed by atoms with Crippen molar-refractivity contribution in [1.29, 1.82) is 0 Å². The first-order valence-electron chi connectivity index (χ1n) is 12.4. The van der Waals surface area contributed by atoms with Gasteiger partial charge in [-0.15, -0.1) is 0 Å². The second-order valence-electron chi connectivity index (χ2n) is 9.17. The van der Waals surface area contributed by atoms with Crippen LogP contribution in [0.4, 0.5) is 0 Å². The average molecular weight is 489 g/mol. The first-order chi connectivity index (χ1) is 17.4. The average Bonchev–Trinajstić information content (AvgIpc) is 3.41. The van der Waals surface area contributed by atoms with Gasteiger partial charge in [0, 0.05) is 24.8 Å². The molecule has 1 unspecified atom stereocenters. The second-order valence-corrected chi connectivity index (χ2v) is 9.17. The van der Waals surface area contributed by atoms with Gasteiger partial charge in [-0.1, -0.05) is 49.6 Å². The van der Waals surface area contributed by atoms with Crippen molar-refractivity contribution >= 4 is 17.7 Å². The number of carbonyl (C=O) groups is 3. The summed E-state index contributed by atoms with van der Waals surface area (Å²) in [6.07, 6.45) is 5.16. The van der Waals surface area contributed by atoms with E-state index in [4.69, 9.17) is 4.42 Å². The Balaban J connectivity index is 1.37. The van der Waals surface area contributed by atoms with Crippen LogP contribution in [0.3, 0.4) is 0 Å². The Labute approximate surface area is 210 Å². The molecule has 4 rings (SSSR count). The molecule has 1 saturated carbocycles. The van der Waals surface area contributed by atoms with Crippen LogP contribution in [0, 0.1) is 12.8 Å². The molecule has 0 radical (unpaired) electrons. The van der Waals surface area contributed by atoms with E-state index in [1.54, 1.807) is 31.3 Å². The highest BCUT2D eigenvalue weighted by Crippen LogP contribution is 2.27. The summed E-state index contributed by atoms with van der Waals surface area (Å²) in [6.45, 7) is 2.21. The van der Waals surface area contributed by atoms with Crippen LogP contribution in [-0.2, 0) is 11.3 Å². The van der Waals surface area contributed by atoms with Crippen LogP contribution in [0.5, 0.6) is 0 Å². The molecule has 2 heterocycles. The Kier molecular flexibility index (Phi) is 8.15. The molecule has 1 atom stereocenters. The van der Waals surface area contributed by atoms with E-state index in [1.807, 2.05) is 37.3 Å². The third-order valence-electron chi connectivity index (χ3n) is 6.58. The van der Waals surface area contributed by atoms with Crippen LogP contribution in [0.2, 0.25) is 0 Å². The van der Waals surface area contributed by atoms with E-state index in [0.29, 0.717) is 18.0 Å². The van der Waals surface area contributed by atoms with Gasteiger partial charge in [-0.25, -0.2) is 4.98 Å². The minimum atomic E-state index is -0.569. The van der Waals surface area contributed by atoms with Gasteiger partial charge in [0.2, 0.25) is 5.91 Å². The third-order valence-corrected chi connectivity index (χ3v) is 6.58. The van der Waals surface area contributed by atoms with Crippen molar-refractivity contribution < 1.29 is 18.8 Å². The lowest BCUT2D eigenvalue weighted by molar-refractivity contribution is -0.124. The number of pyridine rings is 1. The van der Waals surface area contributed by atoms with Crippen molar-refractivity contribution in [3.63, 3.8) is 0 Å². The normalized spacial score (nSPS) is 14.6. The van der Waals surface area contributed by atoms with Crippen LogP contribution < -0.4 is 16.0 Å². The number of benzene rings is 1. The topological polar surface area (TPSA) is 113 Å². The quantitative estimate of drug-likeness (QED) is 0.444. The van der Waals surface area contributed by atoms with Crippen molar-refractivity contribution in [2.45, 2.75) is 51.6 Å². The fourth-order valence-corrected chi connectivity index (χ4v) is 4.58. The Morgan fingerprint density at radius 2 is 1.72 bits per heavy atom. The molecule has 1 aromatic carbocycles. The minimum absolute atomic E-state index is 0.131. The van der Waals surface area contributed by atoms with Gasteiger partial charge in [0.05, 0.1) is 0 Å². The summed E-state index contributed by atoms with van der Waals surface area (Å²) in [4.78, 5) is 41.9. The number of hydrogen-bond acceptors (Lipinski definition) is 5. The highest BCUT2D eigenvalue weighted by molar-refractivity contribution is 5.96. The zero-order chi connectivity index (χ0) is 25.5. The summed E-state index contributed by atoms with van der Waals surface area (Å²) < 4.78 is 5.82. The Bertz CT molecular complexity index is 1210. The summed E-state index contributed by atoms with van der Waals surface area (Å²) in [5.41, 5.74) is 2.90. The maximum atomic E-state index is 12.9. The Morgan fingerprint density at radius 3 is 2.42 bits per heavy atom. The van der Waals surface area contributed by atoms with Crippen molar-refractivity contribution in [3.05, 3.63) is 77.3 Å². The number of nitrogens with zero attached hydrogens (tertiary/aromatic N) is 1. The molecule has 36 heavy (non-hydrogen) atoms. The molecular weight excluding hydrogens is 456 g/mol. The summed E-state index contributed by atoms with van der Waals surface area (Å²) in [5.74, 6) is 0.0394. The maximum Gasteiger partial charge on any atom is 0.287 e. The lowest BCUT2D eigenvalue weighted by Gasteiger charge is -2.29. The summed E-state index contributed by atoms with van der Waals surface area (Å²) in [6, 6.07) is 15.7. The van der Waals surface area contributed by atoms with E-state index in [0.717, 1.165) is 42.5 Å². The van der Waals surface area contributed by atoms with Crippen molar-refractivity contribution in [1.82, 2.24) is 20.9 Å². The van der Waals surface area contributed by atoms with Crippen molar-refractivity contribution in [2.24, 2.45) is 5.92 Å². The van der Waals surface area contributed by atoms with E-state index in [-0.39, 0.29) is 23.5 Å². The number of hydrogen-bond donors (Lipinski definition) is 3. The highest BCUT2D eigenvalue weighted by Gasteiger charge is 2.31. The van der Waals surface area contributed by atoms with Gasteiger partial charge in [0.1, 0.15) is 17.5 Å². The van der Waals surface area contributed by atoms with Gasteiger partial charge >= 0.3 is 0 Å². The fraction of sp³-hybridized carbons (Fsp3) is 0.357. The molecule has 1 fully saturated rings. The number of carbonyl (C=O) groups excluding carboxylic acids is 3. The highest BCUT2D eigenvalue weighted by atomic mass is 16.4. The van der Waals surface area contributed by atoms with Crippen molar-refractivity contribution in [2.75, 3.05) is 7.05 Å². The van der Waals surface area contributed by atoms with Crippen LogP contribution in [0.25, 0.3) is 11.3 Å². The predicted octanol–water partition coefficient (Wildman–Crippen LogP) is 4.00. The molecule has 2 aromatic heterocycles. The standard InChI is InChI=1S/C28H32N4O4/c1-18-7-6-10-22(31-18)26(33)30-17-19-11-13-20(14-12-19)23-15-16-24(36-23)27(34)32-25(28(35)29-2)21-8-4-3-5-9-21/h6-7,10-16,21,25H,3-5,8-9,17H2,1-2H3,(H,29,35)(H,30,33)(H,32,34). The number of rotatable bonds is 8. The Hall–Kier alpha value is -3.94. The molecule has 3 aromatic rings. The van der Waals surface area contributed by atoms with E-state index >= 15 is 0 Å². The van der Waals surface area contributed by atoms with E-state index in [2.05, 4.69) is 20.9 Å². The molecule has 8 nitrogen and oxygen atoms in total. The molecule has 0 bridgehead atoms. The van der Waals surface area contributed by atoms with Crippen LogP contribution >= 0.6 is 0 Å². The smallest absolute Gasteiger partial charge is 0.287 e. The number of furan rings is 1. The molecule has 3 amide bonds. The number of amides is 3. The molecule has 3 N–H and O–H groups in total. The van der Waals surface area contributed by atoms with Gasteiger partial charge in [-0.05, 0) is 55.5 Å². The zero-order valence-electron chi connectivity index (χ0n) is 20.7. The second kappa shape index (κ2) is 11.7. The molecule has 0 aliphatic heterocycles. The first-order valence-corrected chi connectivity index (χ1v) is 12.4. The lowest BCUT2D eigenvalue weighted by atomic mass is 9.83. The van der Waals surface area contributed by atoms with Crippen LogP contribution in [0.15, 0.2) is 59.0 Å². The van der Waals surface area contributed by atoms with Crippen LogP contribution in [-0.4, -0.2) is 35.8 Å².